The molecule has 0 radical (unpaired) electrons. The minimum absolute atomic E-state index is 0.0978. The van der Waals surface area contributed by atoms with Crippen LogP contribution in [-0.4, -0.2) is 61.3 Å². The molecule has 2 aliphatic heterocycles. The number of carbonyl (C=O) groups excluding carboxylic acids is 1. The van der Waals surface area contributed by atoms with Crippen LogP contribution < -0.4 is 14.5 Å². The molecule has 1 saturated heterocycles. The lowest BCUT2D eigenvalue weighted by Gasteiger charge is -2.42. The number of nitrogens with zero attached hydrogens (tertiary/aromatic N) is 3. The van der Waals surface area contributed by atoms with Gasteiger partial charge in [0.25, 0.3) is 0 Å². The van der Waals surface area contributed by atoms with Crippen LogP contribution in [0.3, 0.4) is 0 Å². The fraction of sp³-hybridized carbons (Fsp3) is 0.536. The first-order valence-electron chi connectivity index (χ1n) is 12.7. The van der Waals surface area contributed by atoms with Gasteiger partial charge in [0.05, 0.1) is 18.4 Å². The third-order valence-electron chi connectivity index (χ3n) is 7.30. The molecule has 1 fully saturated rings. The normalized spacial score (nSPS) is 19.7. The average Bonchev–Trinajstić information content (AvgIpc) is 2.87. The smallest absolute Gasteiger partial charge is 0.223 e. The molecule has 0 unspecified atom stereocenters. The maximum Gasteiger partial charge on any atom is 0.223 e. The number of para-hydroxylation sites is 3. The van der Waals surface area contributed by atoms with Crippen molar-refractivity contribution in [2.24, 2.45) is 0 Å². The maximum atomic E-state index is 12.4. The number of anilines is 2. The van der Waals surface area contributed by atoms with Crippen LogP contribution in [0.2, 0.25) is 0 Å². The van der Waals surface area contributed by atoms with Crippen molar-refractivity contribution in [3.8, 4) is 5.75 Å². The molecule has 6 heteroatoms. The van der Waals surface area contributed by atoms with E-state index in [0.29, 0.717) is 6.54 Å². The lowest BCUT2D eigenvalue weighted by molar-refractivity contribution is -0.116. The summed E-state index contributed by atoms with van der Waals surface area (Å²) in [4.78, 5) is 19.1. The fourth-order valence-electron chi connectivity index (χ4n) is 5.40. The van der Waals surface area contributed by atoms with Gasteiger partial charge < -0.3 is 19.6 Å². The number of carbonyl (C=O) groups is 1. The van der Waals surface area contributed by atoms with E-state index in [1.807, 2.05) is 29.2 Å². The van der Waals surface area contributed by atoms with Crippen LogP contribution in [0.1, 0.15) is 51.0 Å². The molecule has 0 aliphatic carbocycles. The second kappa shape index (κ2) is 11.2. The van der Waals surface area contributed by atoms with Crippen molar-refractivity contribution in [3.63, 3.8) is 0 Å². The summed E-state index contributed by atoms with van der Waals surface area (Å²) in [7, 11) is 1.71. The summed E-state index contributed by atoms with van der Waals surface area (Å²) in [6.45, 7) is 6.41. The summed E-state index contributed by atoms with van der Waals surface area (Å²) in [5.41, 5.74) is 2.56. The number of aliphatic hydroxyl groups is 1. The van der Waals surface area contributed by atoms with Crippen molar-refractivity contribution in [2.45, 2.75) is 57.6 Å². The van der Waals surface area contributed by atoms with Crippen LogP contribution >= 0.6 is 0 Å². The predicted octanol–water partition coefficient (Wildman–Crippen LogP) is 4.46. The lowest BCUT2D eigenvalue weighted by atomic mass is 9.90. The van der Waals surface area contributed by atoms with E-state index in [1.54, 1.807) is 14.0 Å². The maximum absolute atomic E-state index is 12.4. The molecule has 2 aliphatic rings. The third kappa shape index (κ3) is 5.91. The summed E-state index contributed by atoms with van der Waals surface area (Å²) >= 11 is 0. The molecule has 4 rings (SSSR count). The highest BCUT2D eigenvalue weighted by atomic mass is 16.5. The number of piperidine rings is 1. The van der Waals surface area contributed by atoms with Crippen molar-refractivity contribution < 1.29 is 14.6 Å². The predicted molar refractivity (Wildman–Crippen MR) is 138 cm³/mol. The molecule has 34 heavy (non-hydrogen) atoms. The Hall–Kier alpha value is -2.57. The van der Waals surface area contributed by atoms with Gasteiger partial charge in [-0.25, -0.2) is 0 Å². The quantitative estimate of drug-likeness (QED) is 0.723. The molecule has 1 N–H and O–H groups in total. The van der Waals surface area contributed by atoms with Gasteiger partial charge >= 0.3 is 0 Å². The van der Waals surface area contributed by atoms with E-state index in [1.165, 1.54) is 0 Å². The molecule has 2 aromatic carbocycles. The highest BCUT2D eigenvalue weighted by Crippen LogP contribution is 2.33. The van der Waals surface area contributed by atoms with Gasteiger partial charge in [0.15, 0.2) is 0 Å². The standard InChI is InChI=1S/C28H39N3O3/c1-23(32)31-18-10-4-3-9-17-29(21-24-11-5-6-12-25(24)31)22-28(33)15-19-30(20-16-28)26-13-7-8-14-27(26)34-2/h5-8,11-14,33H,3-4,9-10,15-22H2,1-2H3. The van der Waals surface area contributed by atoms with E-state index in [9.17, 15) is 9.90 Å². The Morgan fingerprint density at radius 3 is 2.26 bits per heavy atom. The highest BCUT2D eigenvalue weighted by molar-refractivity contribution is 5.92. The highest BCUT2D eigenvalue weighted by Gasteiger charge is 2.35. The van der Waals surface area contributed by atoms with Crippen molar-refractivity contribution in [3.05, 3.63) is 54.1 Å². The minimum Gasteiger partial charge on any atom is -0.495 e. The van der Waals surface area contributed by atoms with Crippen molar-refractivity contribution >= 4 is 17.3 Å². The zero-order valence-electron chi connectivity index (χ0n) is 20.7. The number of β-amino-alcohol motifs (C(OH)–C–C–N with tert-alkyl or cyclic N) is 1. The fourth-order valence-corrected chi connectivity index (χ4v) is 5.40. The molecule has 2 aromatic rings. The first-order valence-corrected chi connectivity index (χ1v) is 12.7. The van der Waals surface area contributed by atoms with Crippen LogP contribution in [0.4, 0.5) is 11.4 Å². The van der Waals surface area contributed by atoms with Gasteiger partial charge in [-0.05, 0) is 56.0 Å². The Bertz CT molecular complexity index is 955. The van der Waals surface area contributed by atoms with E-state index >= 15 is 0 Å². The number of fused-ring (bicyclic) bond motifs is 1. The van der Waals surface area contributed by atoms with Crippen LogP contribution in [0, 0.1) is 0 Å². The van der Waals surface area contributed by atoms with E-state index < -0.39 is 5.60 Å². The molecule has 0 aromatic heterocycles. The molecule has 2 heterocycles. The molecule has 0 saturated carbocycles. The molecular weight excluding hydrogens is 426 g/mol. The Morgan fingerprint density at radius 1 is 0.912 bits per heavy atom. The van der Waals surface area contributed by atoms with Gasteiger partial charge in [-0.3, -0.25) is 9.69 Å². The second-order valence-electron chi connectivity index (χ2n) is 9.81. The first-order chi connectivity index (χ1) is 16.5. The first kappa shape index (κ1) is 24.6. The van der Waals surface area contributed by atoms with Crippen molar-refractivity contribution in [1.29, 1.82) is 0 Å². The third-order valence-corrected chi connectivity index (χ3v) is 7.30. The van der Waals surface area contributed by atoms with Gasteiger partial charge in [0.2, 0.25) is 5.91 Å². The Kier molecular flexibility index (Phi) is 8.11. The molecular formula is C28H39N3O3. The lowest BCUT2D eigenvalue weighted by Crippen LogP contribution is -2.51. The number of amides is 1. The topological polar surface area (TPSA) is 56.3 Å². The number of hydrogen-bond acceptors (Lipinski definition) is 5. The molecule has 6 nitrogen and oxygen atoms in total. The van der Waals surface area contributed by atoms with Gasteiger partial charge in [0, 0.05) is 45.3 Å². The van der Waals surface area contributed by atoms with E-state index in [2.05, 4.69) is 34.1 Å². The monoisotopic (exact) mass is 465 g/mol. The van der Waals surface area contributed by atoms with E-state index in [-0.39, 0.29) is 5.91 Å². The van der Waals surface area contributed by atoms with Crippen LogP contribution in [0.5, 0.6) is 5.75 Å². The van der Waals surface area contributed by atoms with E-state index in [0.717, 1.165) is 93.9 Å². The van der Waals surface area contributed by atoms with Gasteiger partial charge in [-0.15, -0.1) is 0 Å². The van der Waals surface area contributed by atoms with Gasteiger partial charge in [-0.2, -0.15) is 0 Å². The zero-order chi connectivity index (χ0) is 24.0. The SMILES string of the molecule is COc1ccccc1N1CCC(O)(CN2CCCCCCN(C(C)=O)c3ccccc3C2)CC1. The molecule has 0 bridgehead atoms. The molecule has 184 valence electrons. The van der Waals surface area contributed by atoms with E-state index in [4.69, 9.17) is 4.74 Å². The Labute approximate surface area is 204 Å². The second-order valence-corrected chi connectivity index (χ2v) is 9.81. The number of methoxy groups -OCH3 is 1. The average molecular weight is 466 g/mol. The summed E-state index contributed by atoms with van der Waals surface area (Å²) in [6.07, 6.45) is 5.87. The molecule has 1 amide bonds. The minimum atomic E-state index is -0.714. The van der Waals surface area contributed by atoms with Crippen LogP contribution in [-0.2, 0) is 11.3 Å². The summed E-state index contributed by atoms with van der Waals surface area (Å²) in [6, 6.07) is 16.4. The summed E-state index contributed by atoms with van der Waals surface area (Å²) in [5, 5.41) is 11.6. The van der Waals surface area contributed by atoms with Crippen molar-refractivity contribution in [1.82, 2.24) is 4.90 Å². The van der Waals surface area contributed by atoms with Crippen molar-refractivity contribution in [2.75, 3.05) is 49.6 Å². The van der Waals surface area contributed by atoms with Crippen LogP contribution in [0.15, 0.2) is 48.5 Å². The largest absolute Gasteiger partial charge is 0.495 e. The Balaban J connectivity index is 1.48. The number of hydrogen-bond donors (Lipinski definition) is 1. The Morgan fingerprint density at radius 2 is 1.56 bits per heavy atom. The molecule has 0 spiro atoms. The van der Waals surface area contributed by atoms with Gasteiger partial charge in [0.1, 0.15) is 5.75 Å². The zero-order valence-corrected chi connectivity index (χ0v) is 20.7. The van der Waals surface area contributed by atoms with Crippen LogP contribution in [0.25, 0.3) is 0 Å². The van der Waals surface area contributed by atoms with Gasteiger partial charge in [-0.1, -0.05) is 43.2 Å². The number of ether oxygens (including phenoxy) is 1. The molecule has 0 atom stereocenters. The number of rotatable bonds is 4. The summed E-state index contributed by atoms with van der Waals surface area (Å²) < 4.78 is 5.55. The number of benzene rings is 2. The summed E-state index contributed by atoms with van der Waals surface area (Å²) in [5.74, 6) is 0.979.